The van der Waals surface area contributed by atoms with Crippen molar-refractivity contribution in [1.82, 2.24) is 30.1 Å². The van der Waals surface area contributed by atoms with Crippen LogP contribution in [0.3, 0.4) is 0 Å². The Labute approximate surface area is 183 Å². The van der Waals surface area contributed by atoms with Crippen LogP contribution >= 0.6 is 11.3 Å². The summed E-state index contributed by atoms with van der Waals surface area (Å²) < 4.78 is 29.2. The smallest absolute Gasteiger partial charge is 0.177 e. The summed E-state index contributed by atoms with van der Waals surface area (Å²) in [6, 6.07) is 9.87. The van der Waals surface area contributed by atoms with Gasteiger partial charge in [-0.3, -0.25) is 15.1 Å². The third kappa shape index (κ3) is 2.84. The van der Waals surface area contributed by atoms with Crippen molar-refractivity contribution < 1.29 is 8.78 Å². The van der Waals surface area contributed by atoms with Gasteiger partial charge in [-0.1, -0.05) is 0 Å². The van der Waals surface area contributed by atoms with Gasteiger partial charge < -0.3 is 10.7 Å². The molecule has 0 aliphatic carbocycles. The normalized spacial score (nSPS) is 11.6. The molecule has 0 radical (unpaired) electrons. The lowest BCUT2D eigenvalue weighted by molar-refractivity contribution is 0.643. The zero-order valence-electron chi connectivity index (χ0n) is 16.2. The van der Waals surface area contributed by atoms with Gasteiger partial charge >= 0.3 is 0 Å². The number of anilines is 1. The molecule has 6 rings (SSSR count). The van der Waals surface area contributed by atoms with Crippen LogP contribution < -0.4 is 5.73 Å². The Morgan fingerprint density at radius 2 is 1.88 bits per heavy atom. The Morgan fingerprint density at radius 3 is 2.69 bits per heavy atom. The molecule has 1 aromatic carbocycles. The van der Waals surface area contributed by atoms with E-state index in [1.54, 1.807) is 42.7 Å². The fraction of sp³-hybridized carbons (Fsp3) is 0. The molecule has 0 aliphatic rings. The van der Waals surface area contributed by atoms with E-state index in [0.717, 1.165) is 11.3 Å². The molecule has 6 aromatic rings. The number of rotatable bonds is 3. The number of fused-ring (bicyclic) bond motifs is 2. The van der Waals surface area contributed by atoms with Crippen molar-refractivity contribution in [3.8, 4) is 33.2 Å². The number of aromatic nitrogens is 6. The average molecular weight is 445 g/mol. The van der Waals surface area contributed by atoms with Gasteiger partial charge in [-0.15, -0.1) is 11.3 Å². The van der Waals surface area contributed by atoms with E-state index in [1.165, 1.54) is 12.3 Å². The van der Waals surface area contributed by atoms with E-state index >= 15 is 4.39 Å². The van der Waals surface area contributed by atoms with E-state index < -0.39 is 5.82 Å². The number of hydrogen-bond donors (Lipinski definition) is 3. The number of nitrogen functional groups attached to an aromatic ring is 1. The lowest BCUT2D eigenvalue weighted by Crippen LogP contribution is -1.91. The van der Waals surface area contributed by atoms with E-state index in [1.807, 2.05) is 0 Å². The molecule has 10 heteroatoms. The summed E-state index contributed by atoms with van der Waals surface area (Å²) in [6.45, 7) is 0. The second-order valence-corrected chi connectivity index (χ2v) is 8.21. The van der Waals surface area contributed by atoms with Gasteiger partial charge in [-0.2, -0.15) is 9.49 Å². The van der Waals surface area contributed by atoms with Crippen LogP contribution in [0.15, 0.2) is 55.0 Å². The molecular weight excluding hydrogens is 432 g/mol. The number of pyridine rings is 2. The van der Waals surface area contributed by atoms with Gasteiger partial charge in [0.25, 0.3) is 0 Å². The molecule has 0 unspecified atom stereocenters. The number of nitrogens with one attached hydrogen (secondary N) is 2. The Balaban J connectivity index is 1.55. The molecule has 0 amide bonds. The number of thiophene rings is 1. The quantitative estimate of drug-likeness (QED) is 0.349. The molecule has 4 N–H and O–H groups in total. The van der Waals surface area contributed by atoms with Crippen LogP contribution in [0.1, 0.15) is 0 Å². The van der Waals surface area contributed by atoms with Crippen LogP contribution in [0, 0.1) is 10.9 Å². The van der Waals surface area contributed by atoms with E-state index in [0.29, 0.717) is 60.8 Å². The number of nitrogens with two attached hydrogens (primary N) is 1. The van der Waals surface area contributed by atoms with Crippen LogP contribution in [0.25, 0.3) is 55.2 Å². The monoisotopic (exact) mass is 445 g/mol. The number of halogens is 2. The highest BCUT2D eigenvalue weighted by molar-refractivity contribution is 7.13. The zero-order chi connectivity index (χ0) is 21.8. The van der Waals surface area contributed by atoms with Crippen molar-refractivity contribution in [1.29, 1.82) is 0 Å². The molecular formula is C22H13F2N7S. The lowest BCUT2D eigenvalue weighted by atomic mass is 10.0. The summed E-state index contributed by atoms with van der Waals surface area (Å²) in [4.78, 5) is 16.9. The minimum Gasteiger partial charge on any atom is -0.397 e. The number of nitrogens with zero attached hydrogens (tertiary/aromatic N) is 4. The number of hydrogen-bond acceptors (Lipinski definition) is 6. The second-order valence-electron chi connectivity index (χ2n) is 7.17. The van der Waals surface area contributed by atoms with Crippen molar-refractivity contribution in [2.45, 2.75) is 0 Å². The number of imidazole rings is 1. The molecule has 0 fully saturated rings. The van der Waals surface area contributed by atoms with E-state index in [9.17, 15) is 4.39 Å². The minimum absolute atomic E-state index is 0.292. The number of H-pyrrole nitrogens is 2. The maximum Gasteiger partial charge on any atom is 0.177 e. The van der Waals surface area contributed by atoms with Crippen LogP contribution in [0.4, 0.5) is 14.5 Å². The maximum atomic E-state index is 15.6. The van der Waals surface area contributed by atoms with Crippen LogP contribution in [0.2, 0.25) is 0 Å². The summed E-state index contributed by atoms with van der Waals surface area (Å²) in [5, 5.41) is 7.15. The summed E-state index contributed by atoms with van der Waals surface area (Å²) in [6.07, 6.45) is 4.67. The van der Waals surface area contributed by atoms with Gasteiger partial charge in [0, 0.05) is 29.7 Å². The van der Waals surface area contributed by atoms with Gasteiger partial charge in [0.2, 0.25) is 0 Å². The van der Waals surface area contributed by atoms with E-state index in [4.69, 9.17) is 5.73 Å². The summed E-state index contributed by atoms with van der Waals surface area (Å²) in [7, 11) is 0. The zero-order valence-corrected chi connectivity index (χ0v) is 17.0. The van der Waals surface area contributed by atoms with Gasteiger partial charge in [0.1, 0.15) is 22.7 Å². The first-order valence-corrected chi connectivity index (χ1v) is 10.4. The highest BCUT2D eigenvalue weighted by atomic mass is 32.1. The second kappa shape index (κ2) is 6.92. The van der Waals surface area contributed by atoms with Gasteiger partial charge in [0.15, 0.2) is 11.0 Å². The first-order valence-electron chi connectivity index (χ1n) is 9.57. The topological polar surface area (TPSA) is 109 Å². The summed E-state index contributed by atoms with van der Waals surface area (Å²) in [5.74, 6) is -0.0861. The summed E-state index contributed by atoms with van der Waals surface area (Å²) in [5.41, 5.74) is 9.82. The molecule has 0 saturated carbocycles. The van der Waals surface area contributed by atoms with Gasteiger partial charge in [-0.05, 0) is 36.4 Å². The van der Waals surface area contributed by atoms with Crippen molar-refractivity contribution >= 4 is 39.0 Å². The third-order valence-electron chi connectivity index (χ3n) is 5.17. The third-order valence-corrected chi connectivity index (χ3v) is 6.05. The molecule has 32 heavy (non-hydrogen) atoms. The predicted octanol–water partition coefficient (Wildman–Crippen LogP) is 5.15. The van der Waals surface area contributed by atoms with Crippen LogP contribution in [-0.4, -0.2) is 30.1 Å². The molecule has 0 saturated heterocycles. The van der Waals surface area contributed by atoms with Crippen molar-refractivity contribution in [2.24, 2.45) is 0 Å². The first-order chi connectivity index (χ1) is 15.6. The Morgan fingerprint density at radius 1 is 0.969 bits per heavy atom. The Kier molecular flexibility index (Phi) is 4.02. The highest BCUT2D eigenvalue weighted by Gasteiger charge is 2.21. The highest BCUT2D eigenvalue weighted by Crippen LogP contribution is 2.36. The molecule has 0 aliphatic heterocycles. The SMILES string of the molecule is Nc1cncc(-c2ccc3[nH]nc(-c4nc5c(-c6ccc(F)s6)nccc5[nH]4)c3c2F)c1. The number of benzene rings is 1. The molecule has 5 heterocycles. The standard InChI is InChI=1S/C22H13F2N7S/c23-16-4-3-15(32-16)20-19-14(5-6-27-20)28-22(29-19)21-17-13(30-31-21)2-1-12(18(17)24)10-7-11(25)9-26-8-10/h1-9H,25H2,(H,28,29)(H,30,31). The minimum atomic E-state index is -0.460. The molecule has 0 spiro atoms. The van der Waals surface area contributed by atoms with Crippen LogP contribution in [-0.2, 0) is 0 Å². The van der Waals surface area contributed by atoms with Crippen LogP contribution in [0.5, 0.6) is 0 Å². The van der Waals surface area contributed by atoms with E-state index in [-0.39, 0.29) is 5.13 Å². The molecule has 7 nitrogen and oxygen atoms in total. The van der Waals surface area contributed by atoms with Crippen molar-refractivity contribution in [2.75, 3.05) is 5.73 Å². The fourth-order valence-corrected chi connectivity index (χ4v) is 4.47. The largest absolute Gasteiger partial charge is 0.397 e. The molecule has 5 aromatic heterocycles. The fourth-order valence-electron chi connectivity index (χ4n) is 3.74. The maximum absolute atomic E-state index is 15.6. The molecule has 0 bridgehead atoms. The van der Waals surface area contributed by atoms with Crippen molar-refractivity contribution in [3.05, 3.63) is 65.9 Å². The first kappa shape index (κ1) is 18.6. The summed E-state index contributed by atoms with van der Waals surface area (Å²) >= 11 is 0.987. The van der Waals surface area contributed by atoms with E-state index in [2.05, 4.69) is 30.1 Å². The van der Waals surface area contributed by atoms with Crippen molar-refractivity contribution in [3.63, 3.8) is 0 Å². The Bertz CT molecular complexity index is 1630. The molecule has 156 valence electrons. The Hall–Kier alpha value is -4.18. The molecule has 0 atom stereocenters. The van der Waals surface area contributed by atoms with Gasteiger partial charge in [-0.25, -0.2) is 9.37 Å². The number of aromatic amines is 2. The average Bonchev–Trinajstić information content (AvgIpc) is 3.51. The predicted molar refractivity (Wildman–Crippen MR) is 120 cm³/mol. The van der Waals surface area contributed by atoms with Gasteiger partial charge in [0.05, 0.1) is 27.0 Å². The lowest BCUT2D eigenvalue weighted by Gasteiger charge is -2.05.